The van der Waals surface area contributed by atoms with E-state index in [1.165, 1.54) is 0 Å². The summed E-state index contributed by atoms with van der Waals surface area (Å²) in [6.45, 7) is 13.3. The van der Waals surface area contributed by atoms with Gasteiger partial charge < -0.3 is 15.5 Å². The number of carbonyl (C=O) groups is 3. The van der Waals surface area contributed by atoms with Crippen LogP contribution in [0, 0.1) is 24.7 Å². The van der Waals surface area contributed by atoms with E-state index in [-0.39, 0.29) is 29.7 Å². The van der Waals surface area contributed by atoms with Gasteiger partial charge in [-0.2, -0.15) is 0 Å². The summed E-state index contributed by atoms with van der Waals surface area (Å²) in [5, 5.41) is 6.08. The normalized spacial score (nSPS) is 16.8. The fourth-order valence-corrected chi connectivity index (χ4v) is 3.89. The first-order chi connectivity index (χ1) is 14.6. The summed E-state index contributed by atoms with van der Waals surface area (Å²) in [6.07, 6.45) is 1.95. The average Bonchev–Trinajstić information content (AvgIpc) is 2.71. The number of piperidine rings is 1. The molecule has 1 heterocycles. The molecule has 1 aromatic rings. The zero-order valence-electron chi connectivity index (χ0n) is 19.9. The van der Waals surface area contributed by atoms with Crippen LogP contribution in [0.3, 0.4) is 0 Å². The Morgan fingerprint density at radius 2 is 1.61 bits per heavy atom. The van der Waals surface area contributed by atoms with Crippen LogP contribution in [-0.2, 0) is 9.59 Å². The maximum absolute atomic E-state index is 13.2. The molecule has 0 aliphatic carbocycles. The maximum Gasteiger partial charge on any atom is 0.252 e. The zero-order chi connectivity index (χ0) is 23.1. The van der Waals surface area contributed by atoms with Crippen molar-refractivity contribution in [2.75, 3.05) is 13.1 Å². The summed E-state index contributed by atoms with van der Waals surface area (Å²) in [7, 11) is 0. The predicted octanol–water partition coefficient (Wildman–Crippen LogP) is 3.54. The first kappa shape index (κ1) is 24.9. The van der Waals surface area contributed by atoms with Crippen LogP contribution in [-0.4, -0.2) is 47.8 Å². The van der Waals surface area contributed by atoms with E-state index in [1.54, 1.807) is 6.07 Å². The average molecular weight is 430 g/mol. The molecule has 2 N–H and O–H groups in total. The van der Waals surface area contributed by atoms with E-state index in [0.29, 0.717) is 49.8 Å². The van der Waals surface area contributed by atoms with Gasteiger partial charge in [-0.05, 0) is 56.1 Å². The third-order valence-electron chi connectivity index (χ3n) is 6.28. The lowest BCUT2D eigenvalue weighted by Crippen LogP contribution is -2.55. The second kappa shape index (κ2) is 11.3. The molecule has 6 nitrogen and oxygen atoms in total. The smallest absolute Gasteiger partial charge is 0.252 e. The number of benzene rings is 1. The molecule has 172 valence electrons. The molecule has 6 heteroatoms. The molecule has 1 aromatic carbocycles. The Morgan fingerprint density at radius 3 is 2.16 bits per heavy atom. The fourth-order valence-electron chi connectivity index (χ4n) is 3.89. The molecule has 2 rings (SSSR count). The van der Waals surface area contributed by atoms with Crippen molar-refractivity contribution in [3.8, 4) is 0 Å². The van der Waals surface area contributed by atoms with Crippen molar-refractivity contribution in [3.63, 3.8) is 0 Å². The minimum absolute atomic E-state index is 0.00423. The van der Waals surface area contributed by atoms with Gasteiger partial charge in [0, 0.05) is 31.1 Å². The topological polar surface area (TPSA) is 78.5 Å². The second-order valence-electron chi connectivity index (χ2n) is 9.62. The van der Waals surface area contributed by atoms with Crippen molar-refractivity contribution in [2.45, 2.75) is 72.9 Å². The largest absolute Gasteiger partial charge is 0.352 e. The van der Waals surface area contributed by atoms with Crippen LogP contribution >= 0.6 is 0 Å². The zero-order valence-corrected chi connectivity index (χ0v) is 19.9. The Kier molecular flexibility index (Phi) is 9.08. The molecule has 0 unspecified atom stereocenters. The first-order valence-corrected chi connectivity index (χ1v) is 11.5. The van der Waals surface area contributed by atoms with Crippen LogP contribution in [0.15, 0.2) is 24.3 Å². The van der Waals surface area contributed by atoms with Gasteiger partial charge in [0.1, 0.15) is 6.04 Å². The highest BCUT2D eigenvalue weighted by Crippen LogP contribution is 2.23. The molecular weight excluding hydrogens is 390 g/mol. The number of rotatable bonds is 8. The Morgan fingerprint density at radius 1 is 1.00 bits per heavy atom. The molecule has 3 amide bonds. The highest BCUT2D eigenvalue weighted by Gasteiger charge is 2.34. The highest BCUT2D eigenvalue weighted by atomic mass is 16.2. The molecule has 1 aliphatic heterocycles. The van der Waals surface area contributed by atoms with E-state index >= 15 is 0 Å². The van der Waals surface area contributed by atoms with Crippen molar-refractivity contribution in [3.05, 3.63) is 35.4 Å². The molecule has 0 bridgehead atoms. The number of hydrogen-bond donors (Lipinski definition) is 2. The number of nitrogens with one attached hydrogen (secondary N) is 2. The van der Waals surface area contributed by atoms with Gasteiger partial charge in [0.2, 0.25) is 11.8 Å². The summed E-state index contributed by atoms with van der Waals surface area (Å²) >= 11 is 0. The molecule has 0 radical (unpaired) electrons. The minimum atomic E-state index is -0.615. The van der Waals surface area contributed by atoms with Gasteiger partial charge in [0.25, 0.3) is 5.91 Å². The van der Waals surface area contributed by atoms with Gasteiger partial charge in [-0.15, -0.1) is 0 Å². The van der Waals surface area contributed by atoms with Gasteiger partial charge in [-0.1, -0.05) is 45.9 Å². The highest BCUT2D eigenvalue weighted by molar-refractivity contribution is 5.98. The molecular formula is C25H39N3O3. The number of aryl methyl sites for hydroxylation is 1. The number of hydrogen-bond acceptors (Lipinski definition) is 3. The van der Waals surface area contributed by atoms with E-state index in [2.05, 4.69) is 24.5 Å². The van der Waals surface area contributed by atoms with Crippen molar-refractivity contribution in [1.82, 2.24) is 15.5 Å². The quantitative estimate of drug-likeness (QED) is 0.663. The number of likely N-dealkylation sites (tertiary alicyclic amines) is 1. The molecule has 0 spiro atoms. The molecule has 0 aromatic heterocycles. The molecule has 1 fully saturated rings. The molecule has 2 atom stereocenters. The van der Waals surface area contributed by atoms with E-state index in [1.807, 2.05) is 50.8 Å². The van der Waals surface area contributed by atoms with Crippen molar-refractivity contribution < 1.29 is 14.4 Å². The first-order valence-electron chi connectivity index (χ1n) is 11.5. The second-order valence-corrected chi connectivity index (χ2v) is 9.62. The lowest BCUT2D eigenvalue weighted by molar-refractivity contribution is -0.133. The summed E-state index contributed by atoms with van der Waals surface area (Å²) in [4.78, 5) is 40.5. The van der Waals surface area contributed by atoms with Crippen molar-refractivity contribution in [2.24, 2.45) is 17.8 Å². The SMILES string of the molecule is Cc1ccccc1C(=O)N[C@@H](C(=O)N[C@@H](C)C(C)C)C1CCN(C(=O)CC(C)C)CC1. The Bertz CT molecular complexity index is 767. The summed E-state index contributed by atoms with van der Waals surface area (Å²) in [5.74, 6) is 0.424. The third kappa shape index (κ3) is 7.08. The van der Waals surface area contributed by atoms with Crippen LogP contribution in [0.2, 0.25) is 0 Å². The Hall–Kier alpha value is -2.37. The van der Waals surface area contributed by atoms with Gasteiger partial charge in [-0.25, -0.2) is 0 Å². The van der Waals surface area contributed by atoms with Crippen LogP contribution in [0.25, 0.3) is 0 Å². The van der Waals surface area contributed by atoms with E-state index < -0.39 is 6.04 Å². The number of nitrogens with zero attached hydrogens (tertiary/aromatic N) is 1. The van der Waals surface area contributed by atoms with Crippen LogP contribution < -0.4 is 10.6 Å². The Balaban J connectivity index is 2.13. The summed E-state index contributed by atoms with van der Waals surface area (Å²) < 4.78 is 0. The minimum Gasteiger partial charge on any atom is -0.352 e. The fraction of sp³-hybridized carbons (Fsp3) is 0.640. The van der Waals surface area contributed by atoms with Crippen molar-refractivity contribution >= 4 is 17.7 Å². The predicted molar refractivity (Wildman–Crippen MR) is 124 cm³/mol. The van der Waals surface area contributed by atoms with Gasteiger partial charge in [-0.3, -0.25) is 14.4 Å². The molecule has 0 saturated carbocycles. The maximum atomic E-state index is 13.2. The molecule has 31 heavy (non-hydrogen) atoms. The summed E-state index contributed by atoms with van der Waals surface area (Å²) in [6, 6.07) is 6.79. The van der Waals surface area contributed by atoms with Gasteiger partial charge in [0.15, 0.2) is 0 Å². The Labute approximate surface area is 187 Å². The molecule has 1 saturated heterocycles. The third-order valence-corrected chi connectivity index (χ3v) is 6.28. The van der Waals surface area contributed by atoms with Gasteiger partial charge >= 0.3 is 0 Å². The standard InChI is InChI=1S/C25H39N3O3/c1-16(2)15-22(29)28-13-11-20(12-14-28)23(25(31)26-19(6)17(3)4)27-24(30)21-10-8-7-9-18(21)5/h7-10,16-17,19-20,23H,11-15H2,1-6H3,(H,26,31)(H,27,30)/t19-,23+/m0/s1. The monoisotopic (exact) mass is 429 g/mol. The van der Waals surface area contributed by atoms with Gasteiger partial charge in [0.05, 0.1) is 0 Å². The van der Waals surface area contributed by atoms with Crippen LogP contribution in [0.5, 0.6) is 0 Å². The number of amides is 3. The molecule has 1 aliphatic rings. The lowest BCUT2D eigenvalue weighted by atomic mass is 9.87. The van der Waals surface area contributed by atoms with E-state index in [4.69, 9.17) is 0 Å². The summed E-state index contributed by atoms with van der Waals surface area (Å²) in [5.41, 5.74) is 1.46. The van der Waals surface area contributed by atoms with Crippen LogP contribution in [0.4, 0.5) is 0 Å². The lowest BCUT2D eigenvalue weighted by Gasteiger charge is -2.36. The van der Waals surface area contributed by atoms with E-state index in [9.17, 15) is 14.4 Å². The van der Waals surface area contributed by atoms with E-state index in [0.717, 1.165) is 5.56 Å². The van der Waals surface area contributed by atoms with Crippen LogP contribution in [0.1, 0.15) is 69.8 Å². The van der Waals surface area contributed by atoms with Crippen molar-refractivity contribution in [1.29, 1.82) is 0 Å². The number of carbonyl (C=O) groups excluding carboxylic acids is 3.